The molecule has 1 fully saturated rings. The van der Waals surface area contributed by atoms with Gasteiger partial charge in [-0.15, -0.1) is 0 Å². The van der Waals surface area contributed by atoms with Crippen LogP contribution in [0.4, 0.5) is 5.69 Å². The Hall–Kier alpha value is -1.55. The van der Waals surface area contributed by atoms with Gasteiger partial charge in [-0.1, -0.05) is 13.0 Å². The van der Waals surface area contributed by atoms with Crippen LogP contribution in [0, 0.1) is 0 Å². The number of anilines is 1. The second kappa shape index (κ2) is 4.61. The number of nitrogens with zero attached hydrogens (tertiary/aromatic N) is 2. The van der Waals surface area contributed by atoms with Gasteiger partial charge in [-0.25, -0.2) is 4.98 Å². The molecule has 0 amide bonds. The topological polar surface area (TPSA) is 55.3 Å². The Kier molecular flexibility index (Phi) is 2.96. The van der Waals surface area contributed by atoms with Crippen molar-refractivity contribution in [1.82, 2.24) is 9.88 Å². The van der Waals surface area contributed by atoms with Gasteiger partial charge in [-0.05, 0) is 37.9 Å². The second-order valence-corrected chi connectivity index (χ2v) is 5.00. The summed E-state index contributed by atoms with van der Waals surface area (Å²) in [5.41, 5.74) is 8.17. The Labute approximate surface area is 107 Å². The van der Waals surface area contributed by atoms with E-state index in [0.29, 0.717) is 5.69 Å². The molecule has 3 rings (SSSR count). The smallest absolute Gasteiger partial charge is 0.209 e. The van der Waals surface area contributed by atoms with E-state index >= 15 is 0 Å². The van der Waals surface area contributed by atoms with Crippen LogP contribution in [-0.2, 0) is 6.54 Å². The Morgan fingerprint density at radius 1 is 1.44 bits per heavy atom. The number of fused-ring (bicyclic) bond motifs is 1. The number of oxazole rings is 1. The van der Waals surface area contributed by atoms with Gasteiger partial charge in [0.15, 0.2) is 5.58 Å². The summed E-state index contributed by atoms with van der Waals surface area (Å²) in [5, 5.41) is 0. The van der Waals surface area contributed by atoms with Gasteiger partial charge < -0.3 is 10.2 Å². The lowest BCUT2D eigenvalue weighted by atomic mass is 10.3. The van der Waals surface area contributed by atoms with Crippen molar-refractivity contribution in [3.05, 3.63) is 24.1 Å². The van der Waals surface area contributed by atoms with Crippen LogP contribution in [-0.4, -0.2) is 22.5 Å². The summed E-state index contributed by atoms with van der Waals surface area (Å²) in [6.45, 7) is 4.12. The lowest BCUT2D eigenvalue weighted by Crippen LogP contribution is -2.26. The molecular weight excluding hydrogens is 226 g/mol. The zero-order valence-corrected chi connectivity index (χ0v) is 10.7. The minimum absolute atomic E-state index is 0.691. The minimum atomic E-state index is 0.691. The van der Waals surface area contributed by atoms with E-state index < -0.39 is 0 Å². The van der Waals surface area contributed by atoms with E-state index in [4.69, 9.17) is 10.2 Å². The maximum absolute atomic E-state index is 5.90. The maximum atomic E-state index is 5.90. The molecule has 2 aromatic rings. The summed E-state index contributed by atoms with van der Waals surface area (Å²) in [6, 6.07) is 6.41. The third kappa shape index (κ3) is 2.20. The molecule has 1 aliphatic rings. The van der Waals surface area contributed by atoms with Gasteiger partial charge in [0, 0.05) is 6.04 Å². The van der Waals surface area contributed by atoms with Crippen molar-refractivity contribution < 1.29 is 4.42 Å². The monoisotopic (exact) mass is 245 g/mol. The van der Waals surface area contributed by atoms with Crippen molar-refractivity contribution in [2.24, 2.45) is 0 Å². The number of nitrogens with two attached hydrogens (primary N) is 1. The summed E-state index contributed by atoms with van der Waals surface area (Å²) >= 11 is 0. The fourth-order valence-electron chi connectivity index (χ4n) is 2.37. The van der Waals surface area contributed by atoms with E-state index in [1.807, 2.05) is 18.2 Å². The number of hydrogen-bond acceptors (Lipinski definition) is 4. The van der Waals surface area contributed by atoms with Gasteiger partial charge in [-0.3, -0.25) is 4.90 Å². The van der Waals surface area contributed by atoms with E-state index in [9.17, 15) is 0 Å². The Morgan fingerprint density at radius 3 is 2.94 bits per heavy atom. The van der Waals surface area contributed by atoms with E-state index in [2.05, 4.69) is 16.8 Å². The quantitative estimate of drug-likeness (QED) is 0.823. The Balaban J connectivity index is 1.83. The molecule has 1 heterocycles. The average molecular weight is 245 g/mol. The van der Waals surface area contributed by atoms with E-state index in [1.54, 1.807) is 0 Å². The number of nitrogen functional groups attached to an aromatic ring is 1. The third-order valence-corrected chi connectivity index (χ3v) is 3.41. The molecule has 1 aromatic carbocycles. The highest BCUT2D eigenvalue weighted by Crippen LogP contribution is 2.29. The summed E-state index contributed by atoms with van der Waals surface area (Å²) in [6.07, 6.45) is 3.78. The van der Waals surface area contributed by atoms with Gasteiger partial charge in [0.25, 0.3) is 0 Å². The zero-order valence-electron chi connectivity index (χ0n) is 10.7. The van der Waals surface area contributed by atoms with Crippen LogP contribution in [0.5, 0.6) is 0 Å². The van der Waals surface area contributed by atoms with Crippen molar-refractivity contribution in [3.63, 3.8) is 0 Å². The SMILES string of the molecule is CCCN(Cc1nc2c(N)cccc2o1)C1CC1. The number of benzene rings is 1. The predicted molar refractivity (Wildman–Crippen MR) is 72.1 cm³/mol. The Morgan fingerprint density at radius 2 is 2.28 bits per heavy atom. The molecule has 18 heavy (non-hydrogen) atoms. The molecule has 96 valence electrons. The fourth-order valence-corrected chi connectivity index (χ4v) is 2.37. The summed E-state index contributed by atoms with van der Waals surface area (Å²) in [5.74, 6) is 0.781. The van der Waals surface area contributed by atoms with Crippen LogP contribution in [0.25, 0.3) is 11.1 Å². The number of para-hydroxylation sites is 1. The molecule has 2 N–H and O–H groups in total. The van der Waals surface area contributed by atoms with Crippen molar-refractivity contribution in [2.75, 3.05) is 12.3 Å². The summed E-state index contributed by atoms with van der Waals surface area (Å²) in [7, 11) is 0. The highest BCUT2D eigenvalue weighted by Gasteiger charge is 2.29. The van der Waals surface area contributed by atoms with Gasteiger partial charge in [-0.2, -0.15) is 0 Å². The van der Waals surface area contributed by atoms with E-state index in [1.165, 1.54) is 19.3 Å². The maximum Gasteiger partial charge on any atom is 0.209 e. The molecule has 0 atom stereocenters. The molecule has 1 saturated carbocycles. The van der Waals surface area contributed by atoms with Gasteiger partial charge in [0.2, 0.25) is 5.89 Å². The zero-order chi connectivity index (χ0) is 12.5. The van der Waals surface area contributed by atoms with Crippen LogP contribution >= 0.6 is 0 Å². The van der Waals surface area contributed by atoms with Crippen LogP contribution in [0.3, 0.4) is 0 Å². The molecule has 0 bridgehead atoms. The van der Waals surface area contributed by atoms with Crippen molar-refractivity contribution in [3.8, 4) is 0 Å². The summed E-state index contributed by atoms with van der Waals surface area (Å²) in [4.78, 5) is 6.97. The highest BCUT2D eigenvalue weighted by atomic mass is 16.3. The van der Waals surface area contributed by atoms with Crippen molar-refractivity contribution in [2.45, 2.75) is 38.8 Å². The number of hydrogen-bond donors (Lipinski definition) is 1. The standard InChI is InChI=1S/C14H19N3O/c1-2-8-17(10-6-7-10)9-13-16-14-11(15)4-3-5-12(14)18-13/h3-5,10H,2,6-9,15H2,1H3. The second-order valence-electron chi connectivity index (χ2n) is 5.00. The fraction of sp³-hybridized carbons (Fsp3) is 0.500. The van der Waals surface area contributed by atoms with Crippen molar-refractivity contribution >= 4 is 16.8 Å². The average Bonchev–Trinajstić information content (AvgIpc) is 3.11. The lowest BCUT2D eigenvalue weighted by molar-refractivity contribution is 0.232. The third-order valence-electron chi connectivity index (χ3n) is 3.41. The highest BCUT2D eigenvalue weighted by molar-refractivity contribution is 5.85. The van der Waals surface area contributed by atoms with Gasteiger partial charge in [0.05, 0.1) is 12.2 Å². The first-order valence-corrected chi connectivity index (χ1v) is 6.66. The molecule has 4 nitrogen and oxygen atoms in total. The van der Waals surface area contributed by atoms with Gasteiger partial charge in [0.1, 0.15) is 5.52 Å². The molecule has 0 aliphatic heterocycles. The molecule has 1 aliphatic carbocycles. The summed E-state index contributed by atoms with van der Waals surface area (Å²) < 4.78 is 5.77. The van der Waals surface area contributed by atoms with E-state index in [-0.39, 0.29) is 0 Å². The van der Waals surface area contributed by atoms with Crippen LogP contribution in [0.1, 0.15) is 32.1 Å². The number of rotatable bonds is 5. The normalized spacial score (nSPS) is 15.7. The molecular formula is C14H19N3O. The molecule has 1 aromatic heterocycles. The largest absolute Gasteiger partial charge is 0.439 e. The van der Waals surface area contributed by atoms with Crippen LogP contribution < -0.4 is 5.73 Å². The van der Waals surface area contributed by atoms with E-state index in [0.717, 1.165) is 36.1 Å². The molecule has 0 spiro atoms. The van der Waals surface area contributed by atoms with Crippen LogP contribution in [0.2, 0.25) is 0 Å². The predicted octanol–water partition coefficient (Wildman–Crippen LogP) is 2.78. The first-order valence-electron chi connectivity index (χ1n) is 6.66. The lowest BCUT2D eigenvalue weighted by Gasteiger charge is -2.18. The van der Waals surface area contributed by atoms with Crippen LogP contribution in [0.15, 0.2) is 22.6 Å². The molecule has 0 saturated heterocycles. The van der Waals surface area contributed by atoms with Crippen molar-refractivity contribution in [1.29, 1.82) is 0 Å². The minimum Gasteiger partial charge on any atom is -0.439 e. The first-order chi connectivity index (χ1) is 8.78. The Bertz CT molecular complexity index is 545. The molecule has 0 unspecified atom stereocenters. The van der Waals surface area contributed by atoms with Gasteiger partial charge >= 0.3 is 0 Å². The number of aromatic nitrogens is 1. The first kappa shape index (κ1) is 11.5. The molecule has 0 radical (unpaired) electrons. The molecule has 4 heteroatoms.